The van der Waals surface area contributed by atoms with Gasteiger partial charge in [-0.05, 0) is 37.5 Å². The summed E-state index contributed by atoms with van der Waals surface area (Å²) in [6.45, 7) is 2.56. The Morgan fingerprint density at radius 2 is 1.80 bits per heavy atom. The molecule has 1 N–H and O–H groups in total. The third-order valence-electron chi connectivity index (χ3n) is 7.26. The number of aromatic nitrogens is 5. The van der Waals surface area contributed by atoms with Gasteiger partial charge >= 0.3 is 0 Å². The smallest absolute Gasteiger partial charge is 0.242 e. The average Bonchev–Trinajstić information content (AvgIpc) is 3.35. The van der Waals surface area contributed by atoms with Crippen LogP contribution in [0.25, 0.3) is 0 Å². The van der Waals surface area contributed by atoms with Crippen molar-refractivity contribution in [2.75, 3.05) is 30.4 Å². The van der Waals surface area contributed by atoms with Gasteiger partial charge in [-0.3, -0.25) is 0 Å². The van der Waals surface area contributed by atoms with Crippen LogP contribution in [0.4, 0.5) is 20.4 Å². The molecule has 2 aromatic heterocycles. The summed E-state index contributed by atoms with van der Waals surface area (Å²) >= 11 is 0. The van der Waals surface area contributed by atoms with Crippen LogP contribution in [0, 0.1) is 23.5 Å². The maximum Gasteiger partial charge on any atom is 0.242 e. The van der Waals surface area contributed by atoms with Crippen molar-refractivity contribution in [2.24, 2.45) is 11.8 Å². The number of aryl methyl sites for hydroxylation is 1. The molecule has 1 unspecified atom stereocenters. The van der Waals surface area contributed by atoms with E-state index >= 15 is 0 Å². The Morgan fingerprint density at radius 1 is 1.03 bits per heavy atom. The first kappa shape index (κ1) is 22.0. The number of piperidine rings is 1. The monoisotopic (exact) mass is 483 g/mol. The van der Waals surface area contributed by atoms with Crippen LogP contribution in [0.1, 0.15) is 37.6 Å². The van der Waals surface area contributed by atoms with Crippen LogP contribution >= 0.6 is 0 Å². The summed E-state index contributed by atoms with van der Waals surface area (Å²) in [6.07, 6.45) is 5.22. The number of halogens is 2. The van der Waals surface area contributed by atoms with Crippen LogP contribution in [-0.2, 0) is 6.54 Å². The molecule has 0 spiro atoms. The van der Waals surface area contributed by atoms with E-state index in [0.29, 0.717) is 35.9 Å². The van der Waals surface area contributed by atoms with Crippen LogP contribution in [0.3, 0.4) is 0 Å². The number of ether oxygens (including phenoxy) is 2. The van der Waals surface area contributed by atoms with Crippen molar-refractivity contribution >= 4 is 11.6 Å². The summed E-state index contributed by atoms with van der Waals surface area (Å²) in [5, 5.41) is 16.3. The number of methoxy groups -OCH3 is 1. The lowest BCUT2D eigenvalue weighted by Gasteiger charge is -2.39. The number of rotatable bonds is 6. The third-order valence-corrected chi connectivity index (χ3v) is 7.26. The van der Waals surface area contributed by atoms with Crippen LogP contribution in [0.2, 0.25) is 0 Å². The molecule has 1 saturated heterocycles. The van der Waals surface area contributed by atoms with Gasteiger partial charge in [0, 0.05) is 49.9 Å². The van der Waals surface area contributed by atoms with E-state index in [9.17, 15) is 8.78 Å². The molecule has 4 heterocycles. The van der Waals surface area contributed by atoms with Crippen molar-refractivity contribution in [1.82, 2.24) is 25.0 Å². The Kier molecular flexibility index (Phi) is 5.62. The zero-order chi connectivity index (χ0) is 23.9. The van der Waals surface area contributed by atoms with E-state index in [1.807, 2.05) is 10.7 Å². The Bertz CT molecular complexity index is 1190. The van der Waals surface area contributed by atoms with E-state index in [2.05, 4.69) is 25.5 Å². The first-order chi connectivity index (χ1) is 17.1. The normalized spacial score (nSPS) is 25.3. The molecule has 3 aliphatic rings. The highest BCUT2D eigenvalue weighted by Gasteiger charge is 2.43. The van der Waals surface area contributed by atoms with Gasteiger partial charge in [-0.15, -0.1) is 10.2 Å². The summed E-state index contributed by atoms with van der Waals surface area (Å²) in [7, 11) is 1.59. The zero-order valence-electron chi connectivity index (χ0n) is 19.4. The highest BCUT2D eigenvalue weighted by atomic mass is 19.1. The Balaban J connectivity index is 1.16. The molecule has 184 valence electrons. The number of fused-ring (bicyclic) bond motifs is 3. The van der Waals surface area contributed by atoms with Crippen LogP contribution < -0.4 is 19.7 Å². The Hall–Kier alpha value is -3.50. The number of benzene rings is 1. The summed E-state index contributed by atoms with van der Waals surface area (Å²) in [5.41, 5.74) is 1.02. The van der Waals surface area contributed by atoms with Crippen molar-refractivity contribution < 1.29 is 18.3 Å². The summed E-state index contributed by atoms with van der Waals surface area (Å²) in [5.74, 6) is 1.52. The van der Waals surface area contributed by atoms with E-state index in [0.717, 1.165) is 50.7 Å². The molecule has 4 atom stereocenters. The predicted octanol–water partition coefficient (Wildman–Crippen LogP) is 3.60. The van der Waals surface area contributed by atoms with Crippen molar-refractivity contribution in [2.45, 2.75) is 44.4 Å². The maximum atomic E-state index is 13.6. The second-order valence-electron chi connectivity index (χ2n) is 9.50. The number of anilines is 2. The molecule has 1 saturated carbocycles. The Labute approximate surface area is 201 Å². The fourth-order valence-electron chi connectivity index (χ4n) is 5.67. The van der Waals surface area contributed by atoms with Crippen molar-refractivity contribution in [3.63, 3.8) is 0 Å². The fourth-order valence-corrected chi connectivity index (χ4v) is 5.67. The zero-order valence-corrected chi connectivity index (χ0v) is 19.4. The molecule has 9 nitrogen and oxygen atoms in total. The van der Waals surface area contributed by atoms with E-state index < -0.39 is 17.7 Å². The summed E-state index contributed by atoms with van der Waals surface area (Å²) < 4.78 is 40.2. The van der Waals surface area contributed by atoms with Gasteiger partial charge < -0.3 is 19.7 Å². The van der Waals surface area contributed by atoms with Crippen molar-refractivity contribution in [3.8, 4) is 11.6 Å². The lowest BCUT2D eigenvalue weighted by Crippen LogP contribution is -2.48. The van der Waals surface area contributed by atoms with E-state index in [4.69, 9.17) is 14.5 Å². The van der Waals surface area contributed by atoms with Gasteiger partial charge in [-0.25, -0.2) is 13.5 Å². The molecule has 11 heteroatoms. The topological polar surface area (TPSA) is 90.2 Å². The third kappa shape index (κ3) is 4.35. The molecule has 0 amide bonds. The molecule has 2 fully saturated rings. The van der Waals surface area contributed by atoms with Crippen molar-refractivity contribution in [1.29, 1.82) is 0 Å². The van der Waals surface area contributed by atoms with Crippen molar-refractivity contribution in [3.05, 3.63) is 47.9 Å². The van der Waals surface area contributed by atoms with E-state index in [1.165, 1.54) is 12.1 Å². The second-order valence-corrected chi connectivity index (χ2v) is 9.50. The quantitative estimate of drug-likeness (QED) is 0.569. The summed E-state index contributed by atoms with van der Waals surface area (Å²) in [4.78, 5) is 7.10. The molecular formula is C24H27F2N7O2. The van der Waals surface area contributed by atoms with Crippen LogP contribution in [0.5, 0.6) is 11.6 Å². The van der Waals surface area contributed by atoms with E-state index in [-0.39, 0.29) is 11.8 Å². The second kappa shape index (κ2) is 8.94. The maximum absolute atomic E-state index is 13.6. The number of nitrogens with one attached hydrogen (secondary N) is 1. The average molecular weight is 484 g/mol. The highest BCUT2D eigenvalue weighted by molar-refractivity contribution is 5.48. The number of hydrogen-bond acceptors (Lipinski definition) is 8. The lowest BCUT2D eigenvalue weighted by molar-refractivity contribution is 0.154. The molecule has 3 aromatic rings. The van der Waals surface area contributed by atoms with Gasteiger partial charge in [0.2, 0.25) is 11.8 Å². The minimum Gasteiger partial charge on any atom is -0.482 e. The number of hydrogen-bond donors (Lipinski definition) is 1. The molecule has 2 aliphatic heterocycles. The first-order valence-corrected chi connectivity index (χ1v) is 12.0. The fraction of sp³-hybridized carbons (Fsp3) is 0.500. The minimum absolute atomic E-state index is 0.158. The van der Waals surface area contributed by atoms with Gasteiger partial charge in [-0.1, -0.05) is 0 Å². The predicted molar refractivity (Wildman–Crippen MR) is 123 cm³/mol. The molecule has 1 aliphatic carbocycles. The van der Waals surface area contributed by atoms with Gasteiger partial charge in [0.15, 0.2) is 11.9 Å². The highest BCUT2D eigenvalue weighted by Crippen LogP contribution is 2.40. The molecule has 1 aromatic carbocycles. The minimum atomic E-state index is -0.664. The van der Waals surface area contributed by atoms with Gasteiger partial charge in [-0.2, -0.15) is 10.1 Å². The molecule has 0 radical (unpaired) electrons. The largest absolute Gasteiger partial charge is 0.482 e. The van der Waals surface area contributed by atoms with Gasteiger partial charge in [0.25, 0.3) is 0 Å². The standard InChI is InChI=1S/C24H27F2N7O2/c1-34-21-10-18(11-27-30-21)32-12-14-4-5-15(13-32)22(14)28-24-29-23-20(3-2-6-33(23)31-24)35-19-8-16(25)7-17(26)9-19/h7-11,14-15,20,22H,2-6,12-13H2,1H3,(H,28,31)/t14-,15+,20-,22?/m1/s1. The van der Waals surface area contributed by atoms with Crippen LogP contribution in [-0.4, -0.2) is 51.2 Å². The van der Waals surface area contributed by atoms with Gasteiger partial charge in [0.05, 0.1) is 19.0 Å². The molecule has 35 heavy (non-hydrogen) atoms. The Morgan fingerprint density at radius 3 is 2.54 bits per heavy atom. The molecular weight excluding hydrogens is 456 g/mol. The first-order valence-electron chi connectivity index (χ1n) is 12.0. The van der Waals surface area contributed by atoms with Gasteiger partial charge in [0.1, 0.15) is 17.4 Å². The lowest BCUT2D eigenvalue weighted by atomic mass is 9.92. The SMILES string of the molecule is COc1cc(N2C[C@H]3CC[C@@H](C2)C3Nc2nc3n(n2)CCC[C@H]3Oc2cc(F)cc(F)c2)cnn1. The van der Waals surface area contributed by atoms with Crippen LogP contribution in [0.15, 0.2) is 30.5 Å². The molecule has 2 bridgehead atoms. The van der Waals surface area contributed by atoms with E-state index in [1.54, 1.807) is 13.3 Å². The molecule has 6 rings (SSSR count). The number of nitrogens with zero attached hydrogens (tertiary/aromatic N) is 6. The summed E-state index contributed by atoms with van der Waals surface area (Å²) in [6, 6.07) is 5.42.